The van der Waals surface area contributed by atoms with Crippen LogP contribution in [0.5, 0.6) is 0 Å². The molecule has 0 radical (unpaired) electrons. The van der Waals surface area contributed by atoms with Crippen molar-refractivity contribution in [3.63, 3.8) is 0 Å². The van der Waals surface area contributed by atoms with Crippen LogP contribution in [-0.2, 0) is 0 Å². The second kappa shape index (κ2) is 9.82. The number of aromatic nitrogens is 3. The van der Waals surface area contributed by atoms with Crippen LogP contribution in [0.3, 0.4) is 0 Å². The Bertz CT molecular complexity index is 1200. The van der Waals surface area contributed by atoms with Crippen molar-refractivity contribution in [1.29, 1.82) is 0 Å². The van der Waals surface area contributed by atoms with Gasteiger partial charge in [0.05, 0.1) is 10.2 Å². The molecule has 1 saturated heterocycles. The van der Waals surface area contributed by atoms with Crippen LogP contribution in [0.2, 0.25) is 0 Å². The summed E-state index contributed by atoms with van der Waals surface area (Å²) >= 11 is 1.71. The van der Waals surface area contributed by atoms with Crippen LogP contribution in [0.1, 0.15) is 6.42 Å². The zero-order chi connectivity index (χ0) is 22.6. The molecule has 0 atom stereocenters. The minimum Gasteiger partial charge on any atom is -0.369 e. The largest absolute Gasteiger partial charge is 0.369 e. The van der Waals surface area contributed by atoms with Gasteiger partial charge in [0.25, 0.3) is 0 Å². The minimum atomic E-state index is 0.280. The van der Waals surface area contributed by atoms with Gasteiger partial charge in [-0.1, -0.05) is 30.3 Å². The van der Waals surface area contributed by atoms with Gasteiger partial charge in [-0.15, -0.1) is 11.3 Å². The summed E-state index contributed by atoms with van der Waals surface area (Å²) in [7, 11) is 2.19. The monoisotopic (exact) mass is 459 g/mol. The summed E-state index contributed by atoms with van der Waals surface area (Å²) in [4.78, 5) is 18.5. The van der Waals surface area contributed by atoms with Crippen LogP contribution in [0.25, 0.3) is 31.9 Å². The summed E-state index contributed by atoms with van der Waals surface area (Å²) in [6, 6.07) is 16.6. The maximum atomic E-state index is 5.92. The van der Waals surface area contributed by atoms with Crippen molar-refractivity contribution in [2.45, 2.75) is 6.42 Å². The summed E-state index contributed by atoms with van der Waals surface area (Å²) in [5.41, 5.74) is 10.0. The first-order valence-corrected chi connectivity index (χ1v) is 12.2. The van der Waals surface area contributed by atoms with Crippen molar-refractivity contribution in [1.82, 2.24) is 24.8 Å². The minimum absolute atomic E-state index is 0.280. The molecule has 0 amide bonds. The fourth-order valence-electron chi connectivity index (χ4n) is 4.14. The lowest BCUT2D eigenvalue weighted by Crippen LogP contribution is -2.44. The number of benzene rings is 2. The van der Waals surface area contributed by atoms with Crippen molar-refractivity contribution in [3.8, 4) is 21.7 Å². The molecule has 1 aliphatic rings. The molecule has 5 rings (SSSR count). The number of thiazole rings is 1. The van der Waals surface area contributed by atoms with Crippen LogP contribution in [0.4, 0.5) is 11.8 Å². The van der Waals surface area contributed by atoms with Gasteiger partial charge in [0.1, 0.15) is 10.8 Å². The number of rotatable bonds is 7. The number of likely N-dealkylation sites (N-methyl/N-ethyl adjacent to an activating group) is 1. The van der Waals surface area contributed by atoms with E-state index >= 15 is 0 Å². The molecule has 7 nitrogen and oxygen atoms in total. The summed E-state index contributed by atoms with van der Waals surface area (Å²) < 4.78 is 1.19. The van der Waals surface area contributed by atoms with E-state index in [9.17, 15) is 0 Å². The Kier molecular flexibility index (Phi) is 6.48. The molecule has 0 bridgehead atoms. The highest BCUT2D eigenvalue weighted by molar-refractivity contribution is 7.21. The fraction of sp³-hybridized carbons (Fsp3) is 0.320. The van der Waals surface area contributed by atoms with E-state index in [1.54, 1.807) is 11.3 Å². The average molecular weight is 460 g/mol. The fourth-order valence-corrected chi connectivity index (χ4v) is 5.10. The lowest BCUT2D eigenvalue weighted by molar-refractivity contribution is 0.154. The molecule has 0 spiro atoms. The van der Waals surface area contributed by atoms with Gasteiger partial charge in [0.2, 0.25) is 5.95 Å². The number of nitrogens with one attached hydrogen (secondary N) is 1. The van der Waals surface area contributed by atoms with E-state index in [4.69, 9.17) is 10.7 Å². The van der Waals surface area contributed by atoms with Crippen molar-refractivity contribution in [2.75, 3.05) is 57.4 Å². The number of hydrogen-bond acceptors (Lipinski definition) is 8. The van der Waals surface area contributed by atoms with E-state index in [-0.39, 0.29) is 5.95 Å². The molecule has 8 heteroatoms. The Morgan fingerprint density at radius 3 is 2.67 bits per heavy atom. The quantitative estimate of drug-likeness (QED) is 0.403. The Morgan fingerprint density at radius 1 is 1.00 bits per heavy atom. The maximum absolute atomic E-state index is 5.92. The first kappa shape index (κ1) is 21.8. The average Bonchev–Trinajstić information content (AvgIpc) is 3.28. The third-order valence-electron chi connectivity index (χ3n) is 6.06. The van der Waals surface area contributed by atoms with Crippen LogP contribution >= 0.6 is 11.3 Å². The first-order valence-electron chi connectivity index (χ1n) is 11.4. The number of fused-ring (bicyclic) bond motifs is 1. The number of anilines is 2. The SMILES string of the molecule is CN1CCN(CCCNc2nc(N)ncc2-c2cccc(-c3nc4ccccc4s3)c2)CC1. The standard InChI is InChI=1S/C25H29N7S/c1-31-12-14-32(15-13-31)11-5-10-27-23-20(17-28-25(26)30-23)18-6-4-7-19(16-18)24-29-21-8-2-3-9-22(21)33-24/h2-4,6-9,16-17H,5,10-15H2,1H3,(H3,26,27,28,30). The molecule has 170 valence electrons. The van der Waals surface area contributed by atoms with Gasteiger partial charge in [-0.25, -0.2) is 9.97 Å². The zero-order valence-corrected chi connectivity index (χ0v) is 19.7. The van der Waals surface area contributed by atoms with Gasteiger partial charge in [-0.3, -0.25) is 0 Å². The Morgan fingerprint density at radius 2 is 1.82 bits per heavy atom. The highest BCUT2D eigenvalue weighted by atomic mass is 32.1. The lowest BCUT2D eigenvalue weighted by Gasteiger charge is -2.32. The van der Waals surface area contributed by atoms with E-state index in [0.29, 0.717) is 0 Å². The predicted octanol–water partition coefficient (Wildman–Crippen LogP) is 4.05. The number of hydrogen-bond donors (Lipinski definition) is 2. The number of nitrogens with two attached hydrogens (primary N) is 1. The topological polar surface area (TPSA) is 83.2 Å². The summed E-state index contributed by atoms with van der Waals surface area (Å²) in [5.74, 6) is 1.06. The van der Waals surface area contributed by atoms with Crippen molar-refractivity contribution < 1.29 is 0 Å². The molecule has 0 unspecified atom stereocenters. The molecule has 33 heavy (non-hydrogen) atoms. The normalized spacial score (nSPS) is 15.2. The molecule has 3 N–H and O–H groups in total. The van der Waals surface area contributed by atoms with E-state index in [1.807, 2.05) is 18.3 Å². The summed E-state index contributed by atoms with van der Waals surface area (Å²) in [6.45, 7) is 6.49. The van der Waals surface area contributed by atoms with Crippen molar-refractivity contribution in [2.24, 2.45) is 0 Å². The predicted molar refractivity (Wildman–Crippen MR) is 138 cm³/mol. The Balaban J connectivity index is 1.31. The number of nitrogens with zero attached hydrogens (tertiary/aromatic N) is 5. The molecule has 4 aromatic rings. The van der Waals surface area contributed by atoms with Gasteiger partial charge in [-0.2, -0.15) is 4.98 Å². The second-order valence-corrected chi connectivity index (χ2v) is 9.51. The molecule has 2 aromatic heterocycles. The van der Waals surface area contributed by atoms with Crippen molar-refractivity contribution in [3.05, 3.63) is 54.7 Å². The molecule has 0 saturated carbocycles. The van der Waals surface area contributed by atoms with Crippen LogP contribution in [0.15, 0.2) is 54.7 Å². The van der Waals surface area contributed by atoms with E-state index in [0.717, 1.165) is 78.7 Å². The van der Waals surface area contributed by atoms with Gasteiger partial charge < -0.3 is 20.9 Å². The van der Waals surface area contributed by atoms with Gasteiger partial charge >= 0.3 is 0 Å². The van der Waals surface area contributed by atoms with Crippen LogP contribution in [0, 0.1) is 0 Å². The number of piperazine rings is 1. The maximum Gasteiger partial charge on any atom is 0.221 e. The van der Waals surface area contributed by atoms with Gasteiger partial charge in [0, 0.05) is 50.0 Å². The molecule has 3 heterocycles. The first-order chi connectivity index (χ1) is 16.2. The zero-order valence-electron chi connectivity index (χ0n) is 18.9. The molecule has 2 aromatic carbocycles. The second-order valence-electron chi connectivity index (χ2n) is 8.48. The molecule has 1 fully saturated rings. The third kappa shape index (κ3) is 5.13. The number of para-hydroxylation sites is 1. The van der Waals surface area contributed by atoms with Crippen LogP contribution < -0.4 is 11.1 Å². The van der Waals surface area contributed by atoms with E-state index in [1.165, 1.54) is 4.70 Å². The molecular weight excluding hydrogens is 430 g/mol. The van der Waals surface area contributed by atoms with Crippen LogP contribution in [-0.4, -0.2) is 71.1 Å². The van der Waals surface area contributed by atoms with Gasteiger partial charge in [0.15, 0.2) is 0 Å². The van der Waals surface area contributed by atoms with Gasteiger partial charge in [-0.05, 0) is 43.8 Å². The smallest absolute Gasteiger partial charge is 0.221 e. The molecule has 1 aliphatic heterocycles. The van der Waals surface area contributed by atoms with E-state index < -0.39 is 0 Å². The highest BCUT2D eigenvalue weighted by Crippen LogP contribution is 2.34. The molecular formula is C25H29N7S. The highest BCUT2D eigenvalue weighted by Gasteiger charge is 2.14. The Hall–Kier alpha value is -3.07. The number of nitrogen functional groups attached to an aromatic ring is 1. The van der Waals surface area contributed by atoms with Crippen molar-refractivity contribution >= 4 is 33.3 Å². The van der Waals surface area contributed by atoms with E-state index in [2.05, 4.69) is 68.5 Å². The lowest BCUT2D eigenvalue weighted by atomic mass is 10.0. The summed E-state index contributed by atoms with van der Waals surface area (Å²) in [6.07, 6.45) is 2.86. The summed E-state index contributed by atoms with van der Waals surface area (Å²) in [5, 5.41) is 4.51. The molecule has 0 aliphatic carbocycles. The third-order valence-corrected chi connectivity index (χ3v) is 7.15. The Labute approximate surface area is 198 Å².